The van der Waals surface area contributed by atoms with Gasteiger partial charge in [-0.3, -0.25) is 9.59 Å². The van der Waals surface area contributed by atoms with Crippen molar-refractivity contribution in [3.05, 3.63) is 59.2 Å². The van der Waals surface area contributed by atoms with Crippen molar-refractivity contribution in [3.8, 4) is 0 Å². The van der Waals surface area contributed by atoms with Crippen LogP contribution in [0.5, 0.6) is 0 Å². The molecule has 1 aliphatic heterocycles. The SMILES string of the molecule is Cc1ccc(NC(=O)CNc2cccc(C(=O)N3CCCC3)c2)cc1C. The number of aryl methyl sites for hydroxylation is 2. The van der Waals surface area contributed by atoms with Crippen molar-refractivity contribution in [1.29, 1.82) is 0 Å². The molecule has 0 atom stereocenters. The van der Waals surface area contributed by atoms with Crippen LogP contribution in [-0.4, -0.2) is 36.3 Å². The lowest BCUT2D eigenvalue weighted by atomic mass is 10.1. The quantitative estimate of drug-likeness (QED) is 0.865. The number of anilines is 2. The minimum Gasteiger partial charge on any atom is -0.376 e. The molecule has 0 saturated carbocycles. The molecule has 5 heteroatoms. The summed E-state index contributed by atoms with van der Waals surface area (Å²) in [7, 11) is 0. The summed E-state index contributed by atoms with van der Waals surface area (Å²) >= 11 is 0. The Kier molecular flexibility index (Phi) is 5.56. The van der Waals surface area contributed by atoms with Gasteiger partial charge in [-0.05, 0) is 68.1 Å². The van der Waals surface area contributed by atoms with E-state index in [9.17, 15) is 9.59 Å². The Morgan fingerprint density at radius 3 is 2.46 bits per heavy atom. The highest BCUT2D eigenvalue weighted by atomic mass is 16.2. The summed E-state index contributed by atoms with van der Waals surface area (Å²) in [4.78, 5) is 26.5. The third-order valence-corrected chi connectivity index (χ3v) is 4.75. The van der Waals surface area contributed by atoms with E-state index in [0.29, 0.717) is 5.56 Å². The first-order valence-electron chi connectivity index (χ1n) is 9.03. The summed E-state index contributed by atoms with van der Waals surface area (Å²) in [5.74, 6) is -0.0599. The molecule has 0 aromatic heterocycles. The Bertz CT molecular complexity index is 811. The average Bonchev–Trinajstić information content (AvgIpc) is 3.17. The number of carbonyl (C=O) groups is 2. The molecule has 2 amide bonds. The lowest BCUT2D eigenvalue weighted by molar-refractivity contribution is -0.114. The van der Waals surface area contributed by atoms with Gasteiger partial charge in [0, 0.05) is 30.0 Å². The molecule has 0 radical (unpaired) electrons. The van der Waals surface area contributed by atoms with Crippen LogP contribution in [0.3, 0.4) is 0 Å². The zero-order valence-corrected chi connectivity index (χ0v) is 15.3. The van der Waals surface area contributed by atoms with Crippen molar-refractivity contribution in [2.45, 2.75) is 26.7 Å². The highest BCUT2D eigenvalue weighted by molar-refractivity contribution is 5.96. The van der Waals surface area contributed by atoms with Gasteiger partial charge in [0.25, 0.3) is 5.91 Å². The maximum atomic E-state index is 12.5. The average molecular weight is 351 g/mol. The number of amides is 2. The first-order chi connectivity index (χ1) is 12.5. The third-order valence-electron chi connectivity index (χ3n) is 4.75. The second-order valence-electron chi connectivity index (χ2n) is 6.78. The van der Waals surface area contributed by atoms with E-state index < -0.39 is 0 Å². The molecule has 26 heavy (non-hydrogen) atoms. The number of likely N-dealkylation sites (tertiary alicyclic amines) is 1. The summed E-state index contributed by atoms with van der Waals surface area (Å²) in [6.45, 7) is 5.86. The smallest absolute Gasteiger partial charge is 0.253 e. The van der Waals surface area contributed by atoms with Gasteiger partial charge in [-0.25, -0.2) is 0 Å². The molecular weight excluding hydrogens is 326 g/mol. The van der Waals surface area contributed by atoms with Crippen LogP contribution >= 0.6 is 0 Å². The zero-order chi connectivity index (χ0) is 18.5. The molecule has 1 fully saturated rings. The normalized spacial score (nSPS) is 13.5. The molecule has 0 aliphatic carbocycles. The molecule has 1 saturated heterocycles. The highest BCUT2D eigenvalue weighted by Crippen LogP contribution is 2.17. The Labute approximate surface area is 154 Å². The second kappa shape index (κ2) is 8.04. The van der Waals surface area contributed by atoms with Gasteiger partial charge in [-0.1, -0.05) is 12.1 Å². The number of nitrogens with zero attached hydrogens (tertiary/aromatic N) is 1. The predicted molar refractivity (Wildman–Crippen MR) is 105 cm³/mol. The van der Waals surface area contributed by atoms with Gasteiger partial charge >= 0.3 is 0 Å². The van der Waals surface area contributed by atoms with Crippen molar-refractivity contribution in [2.75, 3.05) is 30.3 Å². The topological polar surface area (TPSA) is 61.4 Å². The van der Waals surface area contributed by atoms with Gasteiger partial charge in [-0.2, -0.15) is 0 Å². The number of hydrogen-bond donors (Lipinski definition) is 2. The van der Waals surface area contributed by atoms with Crippen LogP contribution < -0.4 is 10.6 Å². The Balaban J connectivity index is 1.57. The van der Waals surface area contributed by atoms with Gasteiger partial charge in [-0.15, -0.1) is 0 Å². The van der Waals surface area contributed by atoms with Crippen LogP contribution in [0, 0.1) is 13.8 Å². The molecule has 136 valence electrons. The van der Waals surface area contributed by atoms with Crippen molar-refractivity contribution in [1.82, 2.24) is 4.90 Å². The van der Waals surface area contributed by atoms with E-state index >= 15 is 0 Å². The molecule has 2 aromatic carbocycles. The molecule has 5 nitrogen and oxygen atoms in total. The van der Waals surface area contributed by atoms with Gasteiger partial charge < -0.3 is 15.5 Å². The number of rotatable bonds is 5. The summed E-state index contributed by atoms with van der Waals surface area (Å²) < 4.78 is 0. The van der Waals surface area contributed by atoms with Gasteiger partial charge in [0.1, 0.15) is 0 Å². The number of benzene rings is 2. The van der Waals surface area contributed by atoms with Crippen LogP contribution in [0.4, 0.5) is 11.4 Å². The largest absolute Gasteiger partial charge is 0.376 e. The maximum Gasteiger partial charge on any atom is 0.253 e. The van der Waals surface area contributed by atoms with E-state index in [0.717, 1.165) is 42.9 Å². The third kappa shape index (κ3) is 4.42. The number of nitrogens with one attached hydrogen (secondary N) is 2. The van der Waals surface area contributed by atoms with Crippen LogP contribution in [0.15, 0.2) is 42.5 Å². The van der Waals surface area contributed by atoms with E-state index in [1.165, 1.54) is 5.56 Å². The van der Waals surface area contributed by atoms with E-state index in [4.69, 9.17) is 0 Å². The fourth-order valence-corrected chi connectivity index (χ4v) is 3.07. The van der Waals surface area contributed by atoms with Gasteiger partial charge in [0.2, 0.25) is 5.91 Å². The maximum absolute atomic E-state index is 12.5. The van der Waals surface area contributed by atoms with Crippen molar-refractivity contribution >= 4 is 23.2 Å². The Morgan fingerprint density at radius 2 is 1.73 bits per heavy atom. The van der Waals surface area contributed by atoms with E-state index in [-0.39, 0.29) is 18.4 Å². The lowest BCUT2D eigenvalue weighted by Gasteiger charge is -2.16. The first-order valence-corrected chi connectivity index (χ1v) is 9.03. The van der Waals surface area contributed by atoms with Crippen LogP contribution in [0.1, 0.15) is 34.3 Å². The van der Waals surface area contributed by atoms with Crippen molar-refractivity contribution in [2.24, 2.45) is 0 Å². The molecule has 3 rings (SSSR count). The molecule has 1 heterocycles. The summed E-state index contributed by atoms with van der Waals surface area (Å²) in [6, 6.07) is 13.2. The molecule has 2 aromatic rings. The van der Waals surface area contributed by atoms with E-state index in [2.05, 4.69) is 10.6 Å². The summed E-state index contributed by atoms with van der Waals surface area (Å²) in [5, 5.41) is 5.98. The first kappa shape index (κ1) is 18.0. The van der Waals surface area contributed by atoms with E-state index in [1.807, 2.05) is 61.2 Å². The summed E-state index contributed by atoms with van der Waals surface area (Å²) in [5.41, 5.74) is 4.55. The van der Waals surface area contributed by atoms with Crippen molar-refractivity contribution in [3.63, 3.8) is 0 Å². The van der Waals surface area contributed by atoms with Crippen molar-refractivity contribution < 1.29 is 9.59 Å². The minimum atomic E-state index is -0.121. The second-order valence-corrected chi connectivity index (χ2v) is 6.78. The monoisotopic (exact) mass is 351 g/mol. The molecule has 0 bridgehead atoms. The highest BCUT2D eigenvalue weighted by Gasteiger charge is 2.19. The Morgan fingerprint density at radius 1 is 0.962 bits per heavy atom. The summed E-state index contributed by atoms with van der Waals surface area (Å²) in [6.07, 6.45) is 2.14. The molecule has 0 unspecified atom stereocenters. The molecule has 0 spiro atoms. The Hall–Kier alpha value is -2.82. The fraction of sp³-hybridized carbons (Fsp3) is 0.333. The molecular formula is C21H25N3O2. The fourth-order valence-electron chi connectivity index (χ4n) is 3.07. The number of carbonyl (C=O) groups excluding carboxylic acids is 2. The van der Waals surface area contributed by atoms with Crippen LogP contribution in [0.25, 0.3) is 0 Å². The van der Waals surface area contributed by atoms with Crippen LogP contribution in [0.2, 0.25) is 0 Å². The minimum absolute atomic E-state index is 0.0609. The lowest BCUT2D eigenvalue weighted by Crippen LogP contribution is -2.27. The zero-order valence-electron chi connectivity index (χ0n) is 15.3. The van der Waals surface area contributed by atoms with Crippen LogP contribution in [-0.2, 0) is 4.79 Å². The predicted octanol–water partition coefficient (Wildman–Crippen LogP) is 3.59. The molecule has 2 N–H and O–H groups in total. The molecule has 1 aliphatic rings. The van der Waals surface area contributed by atoms with Gasteiger partial charge in [0.15, 0.2) is 0 Å². The number of hydrogen-bond acceptors (Lipinski definition) is 3. The standard InChI is InChI=1S/C21H25N3O2/c1-15-8-9-19(12-16(15)2)23-20(25)14-22-18-7-5-6-17(13-18)21(26)24-10-3-4-11-24/h5-9,12-13,22H,3-4,10-11,14H2,1-2H3,(H,23,25). The van der Waals surface area contributed by atoms with Gasteiger partial charge in [0.05, 0.1) is 6.54 Å². The van der Waals surface area contributed by atoms with E-state index in [1.54, 1.807) is 0 Å².